The summed E-state index contributed by atoms with van der Waals surface area (Å²) in [5.74, 6) is -1.36. The number of primary amides is 1. The van der Waals surface area contributed by atoms with Gasteiger partial charge in [-0.3, -0.25) is 24.2 Å². The number of nitrogens with two attached hydrogens (primary N) is 1. The lowest BCUT2D eigenvalue weighted by atomic mass is 10.1. The number of hydrogen-bond donors (Lipinski definition) is 6. The highest BCUT2D eigenvalue weighted by atomic mass is 16.2. The monoisotopic (exact) mass is 532 g/mol. The van der Waals surface area contributed by atoms with Gasteiger partial charge in [0.1, 0.15) is 5.84 Å². The molecule has 2 aromatic rings. The summed E-state index contributed by atoms with van der Waals surface area (Å²) in [7, 11) is 1.80. The van der Waals surface area contributed by atoms with E-state index in [1.165, 1.54) is 0 Å². The fraction of sp³-hybridized carbons (Fsp3) is 0.222. The Morgan fingerprint density at radius 3 is 2.41 bits per heavy atom. The summed E-state index contributed by atoms with van der Waals surface area (Å²) in [5, 5.41) is 14.4. The van der Waals surface area contributed by atoms with Crippen molar-refractivity contribution in [2.75, 3.05) is 36.1 Å². The maximum absolute atomic E-state index is 13.3. The van der Waals surface area contributed by atoms with Crippen LogP contribution < -0.4 is 32.3 Å². The number of anilines is 3. The van der Waals surface area contributed by atoms with E-state index in [4.69, 9.17) is 5.73 Å². The summed E-state index contributed by atoms with van der Waals surface area (Å²) < 4.78 is 0. The molecule has 0 saturated carbocycles. The molecule has 0 aliphatic carbocycles. The van der Waals surface area contributed by atoms with E-state index in [1.807, 2.05) is 6.92 Å². The molecule has 1 atom stereocenters. The Balaban J connectivity index is 1.71. The van der Waals surface area contributed by atoms with E-state index in [0.29, 0.717) is 34.9 Å². The molecule has 12 heteroatoms. The third kappa shape index (κ3) is 8.18. The summed E-state index contributed by atoms with van der Waals surface area (Å²) in [6.07, 6.45) is 3.13. The minimum absolute atomic E-state index is 0.214. The number of nitrogens with zero attached hydrogens (tertiary/aromatic N) is 2. The van der Waals surface area contributed by atoms with Crippen molar-refractivity contribution >= 4 is 46.5 Å². The van der Waals surface area contributed by atoms with Crippen LogP contribution in [0.3, 0.4) is 0 Å². The zero-order valence-corrected chi connectivity index (χ0v) is 21.8. The van der Waals surface area contributed by atoms with Crippen LogP contribution >= 0.6 is 0 Å². The van der Waals surface area contributed by atoms with Crippen molar-refractivity contribution in [2.24, 2.45) is 10.7 Å². The molecule has 2 aromatic carbocycles. The molecule has 0 fully saturated rings. The average molecular weight is 533 g/mol. The smallest absolute Gasteiger partial charge is 0.260 e. The molecular formula is C27H32N8O4. The Labute approximate surface area is 226 Å². The van der Waals surface area contributed by atoms with Crippen LogP contribution in [-0.2, 0) is 14.4 Å². The second-order valence-corrected chi connectivity index (χ2v) is 8.58. The normalized spacial score (nSPS) is 15.4. The maximum Gasteiger partial charge on any atom is 0.260 e. The maximum atomic E-state index is 13.3. The molecule has 0 aromatic heterocycles. The third-order valence-corrected chi connectivity index (χ3v) is 5.49. The average Bonchev–Trinajstić information content (AvgIpc) is 2.92. The van der Waals surface area contributed by atoms with Crippen LogP contribution in [0.25, 0.3) is 0 Å². The van der Waals surface area contributed by atoms with Crippen molar-refractivity contribution in [2.45, 2.75) is 19.6 Å². The molecule has 1 aliphatic rings. The first-order valence-corrected chi connectivity index (χ1v) is 12.2. The molecule has 39 heavy (non-hydrogen) atoms. The molecule has 204 valence electrons. The van der Waals surface area contributed by atoms with Gasteiger partial charge in [0.15, 0.2) is 6.29 Å². The Bertz CT molecular complexity index is 1300. The van der Waals surface area contributed by atoms with Crippen molar-refractivity contribution in [3.8, 4) is 0 Å². The van der Waals surface area contributed by atoms with Crippen molar-refractivity contribution in [3.63, 3.8) is 0 Å². The van der Waals surface area contributed by atoms with E-state index in [1.54, 1.807) is 66.7 Å². The quantitative estimate of drug-likeness (QED) is 0.239. The molecule has 1 heterocycles. The van der Waals surface area contributed by atoms with Gasteiger partial charge in [0, 0.05) is 42.4 Å². The van der Waals surface area contributed by atoms with E-state index in [2.05, 4.69) is 38.2 Å². The molecule has 0 saturated heterocycles. The molecular weight excluding hydrogens is 500 g/mol. The van der Waals surface area contributed by atoms with Gasteiger partial charge in [0.05, 0.1) is 12.1 Å². The second-order valence-electron chi connectivity index (χ2n) is 8.58. The van der Waals surface area contributed by atoms with Gasteiger partial charge >= 0.3 is 0 Å². The SMILES string of the molecule is C=CC(=O)NCC(=O)Nc1cccc(NC(=O)C2=CN(C)C(Nc3ccc(C(N)=O)cc3)NC2=NCCC)c1. The van der Waals surface area contributed by atoms with Crippen molar-refractivity contribution in [3.05, 3.63) is 78.5 Å². The number of rotatable bonds is 11. The Morgan fingerprint density at radius 1 is 1.08 bits per heavy atom. The summed E-state index contributed by atoms with van der Waals surface area (Å²) in [5.41, 5.74) is 7.69. The van der Waals surface area contributed by atoms with Gasteiger partial charge in [0.2, 0.25) is 17.7 Å². The second kappa shape index (κ2) is 13.4. The van der Waals surface area contributed by atoms with Gasteiger partial charge in [-0.15, -0.1) is 0 Å². The minimum Gasteiger partial charge on any atom is -0.366 e. The third-order valence-electron chi connectivity index (χ3n) is 5.49. The zero-order valence-electron chi connectivity index (χ0n) is 21.8. The van der Waals surface area contributed by atoms with Crippen LogP contribution in [0.1, 0.15) is 23.7 Å². The number of carbonyl (C=O) groups excluding carboxylic acids is 4. The predicted molar refractivity (Wildman–Crippen MR) is 151 cm³/mol. The Hall–Kier alpha value is -5.13. The van der Waals surface area contributed by atoms with Gasteiger partial charge in [-0.25, -0.2) is 0 Å². The van der Waals surface area contributed by atoms with Gasteiger partial charge in [-0.2, -0.15) is 0 Å². The van der Waals surface area contributed by atoms with Crippen LogP contribution in [0.2, 0.25) is 0 Å². The van der Waals surface area contributed by atoms with Crippen LogP contribution in [0, 0.1) is 0 Å². The molecule has 7 N–H and O–H groups in total. The number of amidine groups is 1. The summed E-state index contributed by atoms with van der Waals surface area (Å²) >= 11 is 0. The van der Waals surface area contributed by atoms with E-state index < -0.39 is 29.9 Å². The van der Waals surface area contributed by atoms with Gasteiger partial charge in [-0.05, 0) is 55.0 Å². The fourth-order valence-electron chi connectivity index (χ4n) is 3.51. The summed E-state index contributed by atoms with van der Waals surface area (Å²) in [4.78, 5) is 54.3. The Kier molecular flexibility index (Phi) is 9.79. The molecule has 0 radical (unpaired) electrons. The summed E-state index contributed by atoms with van der Waals surface area (Å²) in [6.45, 7) is 5.62. The predicted octanol–water partition coefficient (Wildman–Crippen LogP) is 1.59. The molecule has 3 rings (SSSR count). The first-order valence-electron chi connectivity index (χ1n) is 12.2. The number of amides is 4. The molecule has 4 amide bonds. The van der Waals surface area contributed by atoms with Crippen molar-refractivity contribution in [1.29, 1.82) is 0 Å². The van der Waals surface area contributed by atoms with E-state index in [-0.39, 0.29) is 6.54 Å². The first-order chi connectivity index (χ1) is 18.7. The highest BCUT2D eigenvalue weighted by Gasteiger charge is 2.27. The van der Waals surface area contributed by atoms with Crippen LogP contribution in [-0.4, -0.2) is 60.8 Å². The number of hydrogen-bond acceptors (Lipinski definition) is 7. The Morgan fingerprint density at radius 2 is 1.77 bits per heavy atom. The van der Waals surface area contributed by atoms with Gasteiger partial charge < -0.3 is 37.2 Å². The molecule has 1 unspecified atom stereocenters. The fourth-order valence-corrected chi connectivity index (χ4v) is 3.51. The van der Waals surface area contributed by atoms with Crippen LogP contribution in [0.4, 0.5) is 17.1 Å². The van der Waals surface area contributed by atoms with E-state index in [0.717, 1.165) is 18.2 Å². The van der Waals surface area contributed by atoms with Crippen LogP contribution in [0.15, 0.2) is 78.0 Å². The first kappa shape index (κ1) is 28.4. The number of benzene rings is 2. The minimum atomic E-state index is -0.507. The lowest BCUT2D eigenvalue weighted by Crippen LogP contribution is -2.54. The van der Waals surface area contributed by atoms with E-state index in [9.17, 15) is 19.2 Å². The molecule has 1 aliphatic heterocycles. The largest absolute Gasteiger partial charge is 0.366 e. The zero-order chi connectivity index (χ0) is 28.4. The van der Waals surface area contributed by atoms with Crippen LogP contribution in [0.5, 0.6) is 0 Å². The van der Waals surface area contributed by atoms with Crippen molar-refractivity contribution in [1.82, 2.24) is 15.5 Å². The topological polar surface area (TPSA) is 170 Å². The molecule has 0 bridgehead atoms. The number of carbonyl (C=O) groups is 4. The number of nitrogens with one attached hydrogen (secondary N) is 5. The number of aliphatic imine (C=N–C) groups is 1. The lowest BCUT2D eigenvalue weighted by Gasteiger charge is -2.35. The van der Waals surface area contributed by atoms with Gasteiger partial charge in [0.25, 0.3) is 5.91 Å². The van der Waals surface area contributed by atoms with Gasteiger partial charge in [-0.1, -0.05) is 19.6 Å². The van der Waals surface area contributed by atoms with E-state index >= 15 is 0 Å². The standard InChI is InChI=1S/C27H32N8O4/c1-4-13-29-25-21(16-35(3)27(34-25)33-18-11-9-17(10-12-18)24(28)38)26(39)32-20-8-6-7-19(14-20)31-23(37)15-30-22(36)5-2/h5-12,14,16,27,33H,2,4,13,15H2,1,3H3,(H2,28,38)(H,29,34)(H,30,36)(H,31,37)(H,32,39). The highest BCUT2D eigenvalue weighted by Crippen LogP contribution is 2.19. The molecule has 0 spiro atoms. The lowest BCUT2D eigenvalue weighted by molar-refractivity contribution is -0.121. The van der Waals surface area contributed by atoms with Crippen molar-refractivity contribution < 1.29 is 19.2 Å². The highest BCUT2D eigenvalue weighted by molar-refractivity contribution is 6.25. The summed E-state index contributed by atoms with van der Waals surface area (Å²) in [6, 6.07) is 13.4. The molecule has 12 nitrogen and oxygen atoms in total.